The van der Waals surface area contributed by atoms with E-state index in [-0.39, 0.29) is 5.82 Å². The van der Waals surface area contributed by atoms with Gasteiger partial charge in [0.2, 0.25) is 0 Å². The second kappa shape index (κ2) is 5.23. The van der Waals surface area contributed by atoms with Gasteiger partial charge in [-0.2, -0.15) is 0 Å². The largest absolute Gasteiger partial charge is 0.206 e. The van der Waals surface area contributed by atoms with Crippen molar-refractivity contribution in [3.05, 3.63) is 27.4 Å². The topological polar surface area (TPSA) is 0 Å². The lowest BCUT2D eigenvalue weighted by atomic mass is 10.3. The molecule has 4 heteroatoms. The van der Waals surface area contributed by atoms with Crippen LogP contribution in [-0.2, 0) is 0 Å². The van der Waals surface area contributed by atoms with E-state index in [2.05, 4.69) is 22.9 Å². The van der Waals surface area contributed by atoms with Crippen molar-refractivity contribution in [1.29, 1.82) is 0 Å². The first-order chi connectivity index (χ1) is 6.16. The predicted molar refractivity (Wildman–Crippen MR) is 60.1 cm³/mol. The van der Waals surface area contributed by atoms with E-state index in [9.17, 15) is 4.39 Å². The van der Waals surface area contributed by atoms with Crippen LogP contribution in [0.3, 0.4) is 0 Å². The number of hydrogen-bond acceptors (Lipinski definition) is 1. The third kappa shape index (κ3) is 2.86. The van der Waals surface area contributed by atoms with Gasteiger partial charge < -0.3 is 0 Å². The summed E-state index contributed by atoms with van der Waals surface area (Å²) in [4.78, 5) is 0.606. The Kier molecular flexibility index (Phi) is 4.56. The molecule has 0 heterocycles. The monoisotopic (exact) mass is 282 g/mol. The maximum atomic E-state index is 13.2. The molecule has 1 aromatic carbocycles. The summed E-state index contributed by atoms with van der Waals surface area (Å²) < 4.78 is 13.9. The van der Waals surface area contributed by atoms with Crippen LogP contribution in [0.2, 0.25) is 5.02 Å². The second-order valence-corrected chi connectivity index (χ2v) is 4.83. The number of halogens is 3. The lowest BCUT2D eigenvalue weighted by molar-refractivity contribution is 0.600. The molecule has 0 nitrogen and oxygen atoms in total. The van der Waals surface area contributed by atoms with Crippen molar-refractivity contribution in [2.24, 2.45) is 0 Å². The minimum atomic E-state index is -0.213. The Bertz CT molecular complexity index is 304. The summed E-state index contributed by atoms with van der Waals surface area (Å²) in [6.07, 6.45) is 1.02. The van der Waals surface area contributed by atoms with Crippen LogP contribution in [0, 0.1) is 5.82 Å². The minimum absolute atomic E-state index is 0.213. The SMILES string of the molecule is CCCSc1c(F)ccc(Cl)c1Br. The minimum Gasteiger partial charge on any atom is -0.206 e. The Morgan fingerprint density at radius 2 is 2.23 bits per heavy atom. The van der Waals surface area contributed by atoms with Crippen LogP contribution in [0.15, 0.2) is 21.5 Å². The molecule has 0 aliphatic rings. The normalized spacial score (nSPS) is 10.5. The molecule has 0 fully saturated rings. The smallest absolute Gasteiger partial charge is 0.138 e. The van der Waals surface area contributed by atoms with Gasteiger partial charge in [-0.1, -0.05) is 18.5 Å². The summed E-state index contributed by atoms with van der Waals surface area (Å²) in [5.41, 5.74) is 0. The first-order valence-electron chi connectivity index (χ1n) is 3.93. The predicted octanol–water partition coefficient (Wildman–Crippen LogP) is 4.74. The average molecular weight is 284 g/mol. The van der Waals surface area contributed by atoms with E-state index in [0.717, 1.165) is 12.2 Å². The van der Waals surface area contributed by atoms with Crippen LogP contribution in [0.1, 0.15) is 13.3 Å². The summed E-state index contributed by atoms with van der Waals surface area (Å²) in [6.45, 7) is 2.06. The lowest BCUT2D eigenvalue weighted by Gasteiger charge is -2.05. The number of benzene rings is 1. The molecule has 0 spiro atoms. The van der Waals surface area contributed by atoms with E-state index < -0.39 is 0 Å². The summed E-state index contributed by atoms with van der Waals surface area (Å²) in [5, 5.41) is 0.556. The molecule has 0 atom stereocenters. The van der Waals surface area contributed by atoms with Crippen LogP contribution >= 0.6 is 39.3 Å². The van der Waals surface area contributed by atoms with Crippen LogP contribution in [-0.4, -0.2) is 5.75 Å². The molecule has 0 aliphatic carbocycles. The molecular weight excluding hydrogens is 275 g/mol. The van der Waals surface area contributed by atoms with E-state index in [4.69, 9.17) is 11.6 Å². The van der Waals surface area contributed by atoms with Gasteiger partial charge in [0.1, 0.15) is 5.82 Å². The van der Waals surface area contributed by atoms with E-state index in [1.165, 1.54) is 17.8 Å². The van der Waals surface area contributed by atoms with E-state index in [1.807, 2.05) is 0 Å². The molecule has 0 N–H and O–H groups in total. The molecule has 0 aromatic heterocycles. The molecule has 0 radical (unpaired) electrons. The van der Waals surface area contributed by atoms with E-state index in [0.29, 0.717) is 14.4 Å². The maximum absolute atomic E-state index is 13.2. The summed E-state index contributed by atoms with van der Waals surface area (Å²) in [6, 6.07) is 2.95. The van der Waals surface area contributed by atoms with Crippen molar-refractivity contribution in [2.45, 2.75) is 18.2 Å². The highest BCUT2D eigenvalue weighted by Crippen LogP contribution is 2.35. The van der Waals surface area contributed by atoms with Crippen molar-refractivity contribution in [2.75, 3.05) is 5.75 Å². The van der Waals surface area contributed by atoms with Crippen LogP contribution < -0.4 is 0 Å². The fourth-order valence-corrected chi connectivity index (χ4v) is 2.57. The van der Waals surface area contributed by atoms with Gasteiger partial charge >= 0.3 is 0 Å². The zero-order valence-electron chi connectivity index (χ0n) is 7.11. The van der Waals surface area contributed by atoms with Crippen molar-refractivity contribution in [3.8, 4) is 0 Å². The first-order valence-corrected chi connectivity index (χ1v) is 6.08. The highest BCUT2D eigenvalue weighted by Gasteiger charge is 2.09. The van der Waals surface area contributed by atoms with Crippen LogP contribution in [0.5, 0.6) is 0 Å². The molecule has 0 saturated heterocycles. The zero-order valence-corrected chi connectivity index (χ0v) is 10.3. The van der Waals surface area contributed by atoms with E-state index >= 15 is 0 Å². The van der Waals surface area contributed by atoms with Gasteiger partial charge in [0.05, 0.1) is 14.4 Å². The highest BCUT2D eigenvalue weighted by atomic mass is 79.9. The van der Waals surface area contributed by atoms with Crippen molar-refractivity contribution < 1.29 is 4.39 Å². The summed E-state index contributed by atoms with van der Waals surface area (Å²) >= 11 is 10.6. The van der Waals surface area contributed by atoms with Crippen molar-refractivity contribution >= 4 is 39.3 Å². The van der Waals surface area contributed by atoms with Gasteiger partial charge in [-0.25, -0.2) is 4.39 Å². The Labute approximate surface area is 95.0 Å². The molecule has 0 unspecified atom stereocenters. The Morgan fingerprint density at radius 1 is 1.54 bits per heavy atom. The standard InChI is InChI=1S/C9H9BrClFS/c1-2-5-13-9-7(12)4-3-6(11)8(9)10/h3-4H,2,5H2,1H3. The third-order valence-electron chi connectivity index (χ3n) is 1.45. The summed E-state index contributed by atoms with van der Waals surface area (Å²) in [5.74, 6) is 0.685. The summed E-state index contributed by atoms with van der Waals surface area (Å²) in [7, 11) is 0. The highest BCUT2D eigenvalue weighted by molar-refractivity contribution is 9.10. The molecule has 0 amide bonds. The van der Waals surface area contributed by atoms with Crippen LogP contribution in [0.25, 0.3) is 0 Å². The Hall–Kier alpha value is 0.270. The molecular formula is C9H9BrClFS. The molecule has 1 rings (SSSR count). The molecule has 0 aliphatic heterocycles. The molecule has 0 saturated carbocycles. The van der Waals surface area contributed by atoms with E-state index in [1.54, 1.807) is 6.07 Å². The number of rotatable bonds is 3. The van der Waals surface area contributed by atoms with Gasteiger partial charge in [-0.3, -0.25) is 0 Å². The van der Waals surface area contributed by atoms with Crippen LogP contribution in [0.4, 0.5) is 4.39 Å². The Balaban J connectivity index is 2.96. The second-order valence-electron chi connectivity index (χ2n) is 2.52. The molecule has 72 valence electrons. The van der Waals surface area contributed by atoms with Crippen molar-refractivity contribution in [3.63, 3.8) is 0 Å². The number of thioether (sulfide) groups is 1. The fourth-order valence-electron chi connectivity index (χ4n) is 0.845. The van der Waals surface area contributed by atoms with Gasteiger partial charge in [0.25, 0.3) is 0 Å². The third-order valence-corrected chi connectivity index (χ3v) is 4.38. The van der Waals surface area contributed by atoms with Gasteiger partial charge in [-0.15, -0.1) is 11.8 Å². The fraction of sp³-hybridized carbons (Fsp3) is 0.333. The molecule has 0 bridgehead atoms. The quantitative estimate of drug-likeness (QED) is 0.570. The van der Waals surface area contributed by atoms with Gasteiger partial charge in [0.15, 0.2) is 0 Å². The van der Waals surface area contributed by atoms with Gasteiger partial charge in [0, 0.05) is 0 Å². The lowest BCUT2D eigenvalue weighted by Crippen LogP contribution is -1.85. The molecule has 13 heavy (non-hydrogen) atoms. The first kappa shape index (κ1) is 11.3. The average Bonchev–Trinajstić information content (AvgIpc) is 2.12. The Morgan fingerprint density at radius 3 is 2.85 bits per heavy atom. The number of hydrogen-bond donors (Lipinski definition) is 0. The zero-order chi connectivity index (χ0) is 9.84. The van der Waals surface area contributed by atoms with Crippen molar-refractivity contribution in [1.82, 2.24) is 0 Å². The van der Waals surface area contributed by atoms with Gasteiger partial charge in [-0.05, 0) is 40.2 Å². The molecule has 1 aromatic rings. The maximum Gasteiger partial charge on any atom is 0.138 e.